The number of carbonyl (C=O) groups is 1. The van der Waals surface area contributed by atoms with Gasteiger partial charge >= 0.3 is 0 Å². The highest BCUT2D eigenvalue weighted by atomic mass is 16.5. The van der Waals surface area contributed by atoms with E-state index in [1.165, 1.54) is 7.11 Å². The number of methoxy groups -OCH3 is 1. The Morgan fingerprint density at radius 2 is 1.95 bits per heavy atom. The summed E-state index contributed by atoms with van der Waals surface area (Å²) in [7, 11) is 1.42. The van der Waals surface area contributed by atoms with Gasteiger partial charge in [0.2, 0.25) is 5.75 Å². The predicted octanol–water partition coefficient (Wildman–Crippen LogP) is 2.24. The van der Waals surface area contributed by atoms with Crippen LogP contribution in [0.3, 0.4) is 0 Å². The van der Waals surface area contributed by atoms with E-state index in [9.17, 15) is 15.0 Å². The topological polar surface area (TPSA) is 66.8 Å². The van der Waals surface area contributed by atoms with Crippen molar-refractivity contribution < 1.29 is 19.7 Å². The largest absolute Gasteiger partial charge is 0.504 e. The summed E-state index contributed by atoms with van der Waals surface area (Å²) in [5, 5.41) is 19.9. The first kappa shape index (κ1) is 11.6. The second kappa shape index (κ2) is 4.02. The Kier molecular flexibility index (Phi) is 2.45. The normalized spacial score (nSPS) is 12.8. The molecule has 1 aliphatic carbocycles. The van der Waals surface area contributed by atoms with Crippen molar-refractivity contribution in [1.82, 2.24) is 0 Å². The summed E-state index contributed by atoms with van der Waals surface area (Å²) in [5.74, 6) is -0.911. The van der Waals surface area contributed by atoms with Crippen LogP contribution in [0.4, 0.5) is 0 Å². The molecule has 0 aromatic heterocycles. The van der Waals surface area contributed by atoms with E-state index in [2.05, 4.69) is 0 Å². The van der Waals surface area contributed by atoms with Crippen LogP contribution in [0.5, 0.6) is 17.2 Å². The van der Waals surface area contributed by atoms with Crippen LogP contribution in [0, 0.1) is 0 Å². The number of hydrogen-bond acceptors (Lipinski definition) is 4. The Balaban J connectivity index is 2.33. The summed E-state index contributed by atoms with van der Waals surface area (Å²) >= 11 is 0. The third-order valence-corrected chi connectivity index (χ3v) is 3.34. The monoisotopic (exact) mass is 256 g/mol. The molecule has 0 amide bonds. The van der Waals surface area contributed by atoms with Crippen LogP contribution in [0.2, 0.25) is 0 Å². The number of ketones is 1. The maximum Gasteiger partial charge on any atom is 0.201 e. The van der Waals surface area contributed by atoms with Gasteiger partial charge in [0.1, 0.15) is 0 Å². The number of fused-ring (bicyclic) bond motifs is 4. The second-order valence-electron chi connectivity index (χ2n) is 4.52. The first-order valence-corrected chi connectivity index (χ1v) is 5.87. The summed E-state index contributed by atoms with van der Waals surface area (Å²) in [4.78, 5) is 12.3. The van der Waals surface area contributed by atoms with Gasteiger partial charge in [0.15, 0.2) is 17.3 Å². The van der Waals surface area contributed by atoms with Crippen molar-refractivity contribution in [2.75, 3.05) is 7.11 Å². The number of rotatable bonds is 1. The number of phenolic OH excluding ortho intramolecular Hbond substituents is 2. The minimum Gasteiger partial charge on any atom is -0.504 e. The zero-order valence-corrected chi connectivity index (χ0v) is 10.3. The van der Waals surface area contributed by atoms with Crippen LogP contribution in [0.1, 0.15) is 27.0 Å². The Morgan fingerprint density at radius 3 is 2.68 bits per heavy atom. The summed E-state index contributed by atoms with van der Waals surface area (Å²) in [5.41, 5.74) is 2.24. The van der Waals surface area contributed by atoms with E-state index in [1.807, 2.05) is 6.07 Å². The molecular formula is C15H12O4. The van der Waals surface area contributed by atoms with Gasteiger partial charge in [-0.15, -0.1) is 0 Å². The van der Waals surface area contributed by atoms with Crippen LogP contribution < -0.4 is 4.74 Å². The molecule has 0 fully saturated rings. The van der Waals surface area contributed by atoms with Crippen molar-refractivity contribution >= 4 is 5.78 Å². The zero-order chi connectivity index (χ0) is 13.6. The Bertz CT molecular complexity index is 689. The van der Waals surface area contributed by atoms with E-state index in [0.717, 1.165) is 5.56 Å². The zero-order valence-electron chi connectivity index (χ0n) is 10.3. The minimum atomic E-state index is -0.432. The van der Waals surface area contributed by atoms with E-state index in [1.54, 1.807) is 24.3 Å². The maximum absolute atomic E-state index is 12.3. The fourth-order valence-electron chi connectivity index (χ4n) is 2.43. The molecule has 0 aliphatic heterocycles. The van der Waals surface area contributed by atoms with Gasteiger partial charge in [0.25, 0.3) is 0 Å². The molecule has 0 radical (unpaired) electrons. The van der Waals surface area contributed by atoms with Crippen molar-refractivity contribution in [2.45, 2.75) is 6.42 Å². The number of benzene rings is 2. The molecule has 19 heavy (non-hydrogen) atoms. The lowest BCUT2D eigenvalue weighted by atomic mass is 9.91. The van der Waals surface area contributed by atoms with Crippen molar-refractivity contribution in [3.8, 4) is 17.2 Å². The number of ether oxygens (including phenoxy) is 1. The van der Waals surface area contributed by atoms with E-state index in [4.69, 9.17) is 4.74 Å². The van der Waals surface area contributed by atoms with E-state index < -0.39 is 5.75 Å². The molecule has 0 saturated heterocycles. The molecule has 0 saturated carbocycles. The Hall–Kier alpha value is -2.49. The van der Waals surface area contributed by atoms with Gasteiger partial charge < -0.3 is 14.9 Å². The van der Waals surface area contributed by atoms with Crippen LogP contribution in [0.15, 0.2) is 30.3 Å². The quantitative estimate of drug-likeness (QED) is 0.655. The second-order valence-corrected chi connectivity index (χ2v) is 4.52. The molecular weight excluding hydrogens is 244 g/mol. The summed E-state index contributed by atoms with van der Waals surface area (Å²) in [6.07, 6.45) is 0.533. The molecule has 0 heterocycles. The van der Waals surface area contributed by atoms with Crippen LogP contribution >= 0.6 is 0 Å². The average molecular weight is 256 g/mol. The standard InChI is InChI=1S/C15H12O4/c1-19-15-10-6-8-3-2-4-9(5-8)12(16)11(7-10)13(17)14(15)18/h2-5,7,17-18H,6H2,1H3. The molecule has 0 atom stereocenters. The predicted molar refractivity (Wildman–Crippen MR) is 69.0 cm³/mol. The molecule has 96 valence electrons. The third kappa shape index (κ3) is 1.64. The number of phenols is 2. The van der Waals surface area contributed by atoms with Gasteiger partial charge in [-0.1, -0.05) is 18.2 Å². The molecule has 3 rings (SSSR count). The SMILES string of the molecule is COc1c2cc(c(O)c1O)C(=O)c1cccc(c1)C2. The maximum atomic E-state index is 12.3. The summed E-state index contributed by atoms with van der Waals surface area (Å²) in [6.45, 7) is 0. The highest BCUT2D eigenvalue weighted by Crippen LogP contribution is 2.43. The average Bonchev–Trinajstić information content (AvgIpc) is 2.42. The highest BCUT2D eigenvalue weighted by molar-refractivity contribution is 6.11. The van der Waals surface area contributed by atoms with E-state index in [0.29, 0.717) is 17.5 Å². The van der Waals surface area contributed by atoms with Gasteiger partial charge in [-0.3, -0.25) is 4.79 Å². The van der Waals surface area contributed by atoms with Gasteiger partial charge in [0.05, 0.1) is 12.7 Å². The van der Waals surface area contributed by atoms with Gasteiger partial charge in [-0.25, -0.2) is 0 Å². The van der Waals surface area contributed by atoms with Gasteiger partial charge in [0, 0.05) is 17.5 Å². The fraction of sp³-hybridized carbons (Fsp3) is 0.133. The molecule has 4 nitrogen and oxygen atoms in total. The van der Waals surface area contributed by atoms with Crippen molar-refractivity contribution in [3.05, 3.63) is 52.6 Å². The van der Waals surface area contributed by atoms with Gasteiger partial charge in [-0.2, -0.15) is 0 Å². The first-order chi connectivity index (χ1) is 9.11. The van der Waals surface area contributed by atoms with E-state index >= 15 is 0 Å². The molecule has 0 unspecified atom stereocenters. The Morgan fingerprint density at radius 1 is 1.16 bits per heavy atom. The Labute approximate surface area is 109 Å². The number of carbonyl (C=O) groups excluding carboxylic acids is 1. The van der Waals surface area contributed by atoms with E-state index in [-0.39, 0.29) is 22.8 Å². The molecule has 1 aliphatic rings. The molecule has 2 N–H and O–H groups in total. The van der Waals surface area contributed by atoms with Gasteiger partial charge in [-0.05, 0) is 17.7 Å². The molecule has 0 spiro atoms. The molecule has 2 aromatic rings. The minimum absolute atomic E-state index is 0.102. The fourth-order valence-corrected chi connectivity index (χ4v) is 2.43. The van der Waals surface area contributed by atoms with Crippen LogP contribution in [0.25, 0.3) is 0 Å². The van der Waals surface area contributed by atoms with Crippen molar-refractivity contribution in [1.29, 1.82) is 0 Å². The lowest BCUT2D eigenvalue weighted by Crippen LogP contribution is -2.08. The van der Waals surface area contributed by atoms with Crippen LogP contribution in [-0.2, 0) is 6.42 Å². The number of hydrogen-bond donors (Lipinski definition) is 2. The lowest BCUT2D eigenvalue weighted by molar-refractivity contribution is 0.103. The third-order valence-electron chi connectivity index (χ3n) is 3.34. The number of aromatic hydroxyl groups is 2. The molecule has 4 bridgehead atoms. The smallest absolute Gasteiger partial charge is 0.201 e. The summed E-state index contributed by atoms with van der Waals surface area (Å²) in [6, 6.07) is 8.77. The molecule has 4 heteroatoms. The highest BCUT2D eigenvalue weighted by Gasteiger charge is 2.25. The lowest BCUT2D eigenvalue weighted by Gasteiger charge is -2.17. The summed E-state index contributed by atoms with van der Waals surface area (Å²) < 4.78 is 5.12. The van der Waals surface area contributed by atoms with Crippen molar-refractivity contribution in [2.24, 2.45) is 0 Å². The molecule has 2 aromatic carbocycles. The van der Waals surface area contributed by atoms with Crippen LogP contribution in [-0.4, -0.2) is 23.1 Å². The van der Waals surface area contributed by atoms with Crippen molar-refractivity contribution in [3.63, 3.8) is 0 Å². The first-order valence-electron chi connectivity index (χ1n) is 5.87.